The third kappa shape index (κ3) is 7.35. The smallest absolute Gasteiger partial charge is 0.244 e. The van der Waals surface area contributed by atoms with Gasteiger partial charge in [0.25, 0.3) is 0 Å². The summed E-state index contributed by atoms with van der Waals surface area (Å²) in [6.07, 6.45) is 3.81. The van der Waals surface area contributed by atoms with Crippen molar-refractivity contribution in [3.05, 3.63) is 34.9 Å². The highest BCUT2D eigenvalue weighted by atomic mass is 35.5. The molecule has 0 spiro atoms. The van der Waals surface area contributed by atoms with Crippen molar-refractivity contribution in [1.82, 2.24) is 19.6 Å². The molecule has 45 heavy (non-hydrogen) atoms. The number of halogens is 1. The predicted octanol–water partition coefficient (Wildman–Crippen LogP) is 4.52. The highest BCUT2D eigenvalue weighted by Crippen LogP contribution is 2.42. The average molecular weight is 644 g/mol. The van der Waals surface area contributed by atoms with Gasteiger partial charge in [0.15, 0.2) is 0 Å². The molecule has 1 aliphatic carbocycles. The second-order valence-corrected chi connectivity index (χ2v) is 16.5. The summed E-state index contributed by atoms with van der Waals surface area (Å²) in [4.78, 5) is 62.6. The van der Waals surface area contributed by atoms with Gasteiger partial charge in [-0.3, -0.25) is 24.1 Å². The lowest BCUT2D eigenvalue weighted by Crippen LogP contribution is -2.57. The van der Waals surface area contributed by atoms with Crippen LogP contribution in [0.15, 0.2) is 24.3 Å². The Bertz CT molecular complexity index is 1280. The highest BCUT2D eigenvalue weighted by Gasteiger charge is 2.52. The van der Waals surface area contributed by atoms with E-state index in [-0.39, 0.29) is 53.1 Å². The normalized spacial score (nSPS) is 26.1. The first-order valence-electron chi connectivity index (χ1n) is 16.4. The van der Waals surface area contributed by atoms with Crippen LogP contribution in [-0.2, 0) is 19.2 Å². The van der Waals surface area contributed by atoms with Crippen LogP contribution in [0.4, 0.5) is 0 Å². The van der Waals surface area contributed by atoms with Crippen LogP contribution in [0.1, 0.15) is 92.1 Å². The van der Waals surface area contributed by atoms with Gasteiger partial charge in [0.05, 0.1) is 12.0 Å². The molecule has 250 valence electrons. The maximum absolute atomic E-state index is 14.7. The van der Waals surface area contributed by atoms with Crippen molar-refractivity contribution in [3.63, 3.8) is 0 Å². The van der Waals surface area contributed by atoms with E-state index in [9.17, 15) is 19.2 Å². The molecule has 2 N–H and O–H groups in total. The molecule has 2 aliphatic heterocycles. The van der Waals surface area contributed by atoms with Crippen molar-refractivity contribution >= 4 is 35.2 Å². The number of nitrogens with two attached hydrogens (primary N) is 1. The van der Waals surface area contributed by atoms with Crippen molar-refractivity contribution in [2.75, 3.05) is 33.7 Å². The molecule has 0 radical (unpaired) electrons. The van der Waals surface area contributed by atoms with Crippen molar-refractivity contribution in [2.45, 2.75) is 110 Å². The van der Waals surface area contributed by atoms with E-state index in [1.165, 1.54) is 4.90 Å². The van der Waals surface area contributed by atoms with E-state index in [0.29, 0.717) is 24.5 Å². The Morgan fingerprint density at radius 2 is 1.49 bits per heavy atom. The van der Waals surface area contributed by atoms with Crippen molar-refractivity contribution in [1.29, 1.82) is 0 Å². The van der Waals surface area contributed by atoms with Crippen LogP contribution in [0, 0.1) is 16.7 Å². The summed E-state index contributed by atoms with van der Waals surface area (Å²) in [6.45, 7) is 15.6. The lowest BCUT2D eigenvalue weighted by molar-refractivity contribution is -0.152. The number of benzene rings is 1. The summed E-state index contributed by atoms with van der Waals surface area (Å²) < 4.78 is 0. The van der Waals surface area contributed by atoms with Gasteiger partial charge in [-0.05, 0) is 89.8 Å². The number of likely N-dealkylation sites (tertiary alicyclic amines) is 2. The molecule has 2 heterocycles. The molecule has 1 saturated carbocycles. The Morgan fingerprint density at radius 1 is 0.911 bits per heavy atom. The Balaban J connectivity index is 1.72. The number of hydrogen-bond donors (Lipinski definition) is 1. The fourth-order valence-corrected chi connectivity index (χ4v) is 7.50. The fourth-order valence-electron chi connectivity index (χ4n) is 7.37. The Kier molecular flexibility index (Phi) is 10.1. The van der Waals surface area contributed by atoms with Gasteiger partial charge in [-0.25, -0.2) is 0 Å². The monoisotopic (exact) mass is 643 g/mol. The molecule has 1 aromatic rings. The van der Waals surface area contributed by atoms with Gasteiger partial charge in [-0.1, -0.05) is 37.6 Å². The van der Waals surface area contributed by atoms with Crippen molar-refractivity contribution in [3.8, 4) is 0 Å². The van der Waals surface area contributed by atoms with Gasteiger partial charge >= 0.3 is 0 Å². The molecule has 4 atom stereocenters. The number of carbonyl (C=O) groups excluding carboxylic acids is 4. The van der Waals surface area contributed by atoms with Gasteiger partial charge in [0, 0.05) is 56.3 Å². The minimum atomic E-state index is -1.41. The largest absolute Gasteiger partial charge is 0.369 e. The van der Waals surface area contributed by atoms with Crippen LogP contribution >= 0.6 is 11.6 Å². The van der Waals surface area contributed by atoms with E-state index in [1.54, 1.807) is 32.8 Å². The maximum Gasteiger partial charge on any atom is 0.244 e. The number of likely N-dealkylation sites (N-methyl/N-ethyl adjacent to an activating group) is 1. The van der Waals surface area contributed by atoms with E-state index in [2.05, 4.69) is 39.5 Å². The van der Waals surface area contributed by atoms with Crippen LogP contribution in [0.5, 0.6) is 0 Å². The Hall–Kier alpha value is -2.65. The van der Waals surface area contributed by atoms with E-state index in [1.807, 2.05) is 29.2 Å². The molecule has 0 aromatic heterocycles. The van der Waals surface area contributed by atoms with Crippen LogP contribution in [0.25, 0.3) is 0 Å². The number of nitrogens with zero attached hydrogens (tertiary/aromatic N) is 4. The minimum absolute atomic E-state index is 0.0734. The molecule has 3 fully saturated rings. The summed E-state index contributed by atoms with van der Waals surface area (Å²) in [5.74, 6) is -1.69. The predicted molar refractivity (Wildman–Crippen MR) is 177 cm³/mol. The van der Waals surface area contributed by atoms with E-state index in [4.69, 9.17) is 17.3 Å². The van der Waals surface area contributed by atoms with Gasteiger partial charge in [0.1, 0.15) is 11.5 Å². The summed E-state index contributed by atoms with van der Waals surface area (Å²) in [5, 5.41) is 0.640. The number of hydrogen-bond acceptors (Lipinski definition) is 5. The molecule has 0 bridgehead atoms. The molecular formula is C35H54ClN5O4. The number of amides is 4. The highest BCUT2D eigenvalue weighted by molar-refractivity contribution is 6.30. The summed E-state index contributed by atoms with van der Waals surface area (Å²) >= 11 is 6.22. The molecule has 4 amide bonds. The third-order valence-corrected chi connectivity index (χ3v) is 10.9. The number of carbonyl (C=O) groups is 4. The molecule has 1 aromatic carbocycles. The average Bonchev–Trinajstić information content (AvgIpc) is 3.59. The third-order valence-electron chi connectivity index (χ3n) is 10.7. The standard InChI is InChI=1S/C35H54ClN5O4/c1-33(2,3)39-20-26(22-10-12-23(36)13-11-22)27(21-39)29(42)40-19-25(18-28(40)30(43)38(8)9)41(32(45)35(6,7)31(37)44)24-14-16-34(4,5)17-15-24/h10-13,24-28H,14-21H2,1-9H3,(H2,37,44)/t25-,26-,27+,28-/m0/s1. The van der Waals surface area contributed by atoms with Crippen LogP contribution in [0.2, 0.25) is 5.02 Å². The summed E-state index contributed by atoms with van der Waals surface area (Å²) in [5.41, 5.74) is 5.41. The first kappa shape index (κ1) is 35.2. The molecule has 3 aliphatic rings. The quantitative estimate of drug-likeness (QED) is 0.440. The van der Waals surface area contributed by atoms with Gasteiger partial charge < -0.3 is 20.4 Å². The molecule has 0 unspecified atom stereocenters. The SMILES string of the molecule is CN(C)C(=O)[C@@H]1C[C@H](N(C(=O)C(C)(C)C(N)=O)C2CCC(C)(C)CC2)CN1C(=O)[C@@H]1CN(C(C)(C)C)C[C@H]1c1ccc(Cl)cc1. The maximum atomic E-state index is 14.7. The molecular weight excluding hydrogens is 590 g/mol. The minimum Gasteiger partial charge on any atom is -0.369 e. The fraction of sp³-hybridized carbons (Fsp3) is 0.714. The van der Waals surface area contributed by atoms with Crippen LogP contribution in [-0.4, -0.2) is 101 Å². The van der Waals surface area contributed by atoms with E-state index in [0.717, 1.165) is 31.2 Å². The second-order valence-electron chi connectivity index (χ2n) is 16.1. The van der Waals surface area contributed by atoms with Crippen LogP contribution in [0.3, 0.4) is 0 Å². The summed E-state index contributed by atoms with van der Waals surface area (Å²) in [7, 11) is 3.40. The van der Waals surface area contributed by atoms with Gasteiger partial charge in [-0.2, -0.15) is 0 Å². The van der Waals surface area contributed by atoms with E-state index < -0.39 is 23.4 Å². The van der Waals surface area contributed by atoms with Gasteiger partial charge in [-0.15, -0.1) is 0 Å². The lowest BCUT2D eigenvalue weighted by atomic mass is 9.74. The van der Waals surface area contributed by atoms with Crippen LogP contribution < -0.4 is 5.73 Å². The first-order valence-corrected chi connectivity index (χ1v) is 16.8. The summed E-state index contributed by atoms with van der Waals surface area (Å²) in [6, 6.07) is 6.49. The number of rotatable bonds is 7. The second kappa shape index (κ2) is 12.9. The number of primary amides is 1. The molecule has 10 heteroatoms. The Morgan fingerprint density at radius 3 is 2.00 bits per heavy atom. The van der Waals surface area contributed by atoms with Crippen molar-refractivity contribution < 1.29 is 19.2 Å². The van der Waals surface area contributed by atoms with Crippen molar-refractivity contribution in [2.24, 2.45) is 22.5 Å². The first-order chi connectivity index (χ1) is 20.7. The zero-order valence-corrected chi connectivity index (χ0v) is 29.5. The Labute approximate surface area is 274 Å². The molecule has 9 nitrogen and oxygen atoms in total. The molecule has 2 saturated heterocycles. The van der Waals surface area contributed by atoms with Gasteiger partial charge in [0.2, 0.25) is 23.6 Å². The lowest BCUT2D eigenvalue weighted by Gasteiger charge is -2.45. The topological polar surface area (TPSA) is 107 Å². The molecule has 4 rings (SSSR count). The zero-order chi connectivity index (χ0) is 33.6. The van der Waals surface area contributed by atoms with E-state index >= 15 is 0 Å². The zero-order valence-electron chi connectivity index (χ0n) is 28.7.